The van der Waals surface area contributed by atoms with Gasteiger partial charge in [0.15, 0.2) is 0 Å². The third-order valence-electron chi connectivity index (χ3n) is 4.79. The quantitative estimate of drug-likeness (QED) is 0.414. The SMILES string of the molecule is Fc1ccc(-c2ncc3c4ccccc4c(OCc4ccccn4)cn23)c(F)c1. The predicted molar refractivity (Wildman–Crippen MR) is 107 cm³/mol. The third-order valence-corrected chi connectivity index (χ3v) is 4.79. The average Bonchev–Trinajstić information content (AvgIpc) is 3.17. The van der Waals surface area contributed by atoms with Crippen LogP contribution in [0.3, 0.4) is 0 Å². The number of hydrogen-bond donors (Lipinski definition) is 0. The Morgan fingerprint density at radius 2 is 1.72 bits per heavy atom. The van der Waals surface area contributed by atoms with Gasteiger partial charge in [0, 0.05) is 23.0 Å². The van der Waals surface area contributed by atoms with Gasteiger partial charge in [-0.3, -0.25) is 9.38 Å². The second-order valence-electron chi connectivity index (χ2n) is 6.61. The second-order valence-corrected chi connectivity index (χ2v) is 6.61. The van der Waals surface area contributed by atoms with Crippen LogP contribution in [0.15, 0.2) is 79.3 Å². The molecule has 0 fully saturated rings. The van der Waals surface area contributed by atoms with Crippen molar-refractivity contribution in [3.63, 3.8) is 0 Å². The summed E-state index contributed by atoms with van der Waals surface area (Å²) >= 11 is 0. The van der Waals surface area contributed by atoms with Crippen LogP contribution >= 0.6 is 0 Å². The van der Waals surface area contributed by atoms with Crippen LogP contribution in [0.25, 0.3) is 27.7 Å². The number of imidazole rings is 1. The Morgan fingerprint density at radius 3 is 2.52 bits per heavy atom. The van der Waals surface area contributed by atoms with Crippen molar-refractivity contribution in [1.29, 1.82) is 0 Å². The van der Waals surface area contributed by atoms with E-state index in [2.05, 4.69) is 9.97 Å². The first-order valence-corrected chi connectivity index (χ1v) is 9.07. The van der Waals surface area contributed by atoms with Crippen LogP contribution in [0.1, 0.15) is 5.69 Å². The van der Waals surface area contributed by atoms with E-state index in [1.807, 2.05) is 42.5 Å². The minimum Gasteiger partial charge on any atom is -0.485 e. The fourth-order valence-corrected chi connectivity index (χ4v) is 3.42. The van der Waals surface area contributed by atoms with Gasteiger partial charge in [-0.2, -0.15) is 0 Å². The van der Waals surface area contributed by atoms with Gasteiger partial charge in [0.05, 0.1) is 29.2 Å². The van der Waals surface area contributed by atoms with Gasteiger partial charge in [-0.1, -0.05) is 30.3 Å². The molecule has 0 aliphatic heterocycles. The first-order valence-electron chi connectivity index (χ1n) is 9.07. The third kappa shape index (κ3) is 3.08. The molecule has 0 unspecified atom stereocenters. The van der Waals surface area contributed by atoms with Crippen molar-refractivity contribution in [1.82, 2.24) is 14.4 Å². The van der Waals surface area contributed by atoms with Crippen LogP contribution in [0.2, 0.25) is 0 Å². The molecule has 0 aliphatic carbocycles. The minimum absolute atomic E-state index is 0.220. The highest BCUT2D eigenvalue weighted by Gasteiger charge is 2.16. The van der Waals surface area contributed by atoms with Crippen molar-refractivity contribution >= 4 is 16.3 Å². The molecule has 142 valence electrons. The van der Waals surface area contributed by atoms with E-state index in [4.69, 9.17) is 4.74 Å². The van der Waals surface area contributed by atoms with Crippen LogP contribution in [-0.2, 0) is 6.61 Å². The van der Waals surface area contributed by atoms with Gasteiger partial charge < -0.3 is 4.74 Å². The normalized spacial score (nSPS) is 11.2. The molecule has 2 aromatic carbocycles. The van der Waals surface area contributed by atoms with E-state index < -0.39 is 11.6 Å². The summed E-state index contributed by atoms with van der Waals surface area (Å²) in [5, 5.41) is 1.84. The van der Waals surface area contributed by atoms with Crippen molar-refractivity contribution in [2.75, 3.05) is 0 Å². The molecule has 29 heavy (non-hydrogen) atoms. The fraction of sp³-hybridized carbons (Fsp3) is 0.0435. The summed E-state index contributed by atoms with van der Waals surface area (Å²) < 4.78 is 35.6. The highest BCUT2D eigenvalue weighted by Crippen LogP contribution is 2.33. The molecular formula is C23H15F2N3O. The van der Waals surface area contributed by atoms with Gasteiger partial charge in [-0.25, -0.2) is 13.8 Å². The van der Waals surface area contributed by atoms with E-state index in [1.54, 1.807) is 23.0 Å². The lowest BCUT2D eigenvalue weighted by Crippen LogP contribution is -2.00. The van der Waals surface area contributed by atoms with Gasteiger partial charge in [0.25, 0.3) is 0 Å². The summed E-state index contributed by atoms with van der Waals surface area (Å²) in [5.74, 6) is -0.287. The van der Waals surface area contributed by atoms with Crippen LogP contribution in [0.4, 0.5) is 8.78 Å². The molecule has 5 aromatic rings. The molecule has 6 heteroatoms. The molecule has 0 spiro atoms. The highest BCUT2D eigenvalue weighted by atomic mass is 19.1. The molecule has 0 atom stereocenters. The summed E-state index contributed by atoms with van der Waals surface area (Å²) in [5.41, 5.74) is 1.83. The van der Waals surface area contributed by atoms with Crippen molar-refractivity contribution in [2.24, 2.45) is 0 Å². The van der Waals surface area contributed by atoms with Crippen LogP contribution < -0.4 is 4.74 Å². The first-order chi connectivity index (χ1) is 14.2. The molecule has 0 radical (unpaired) electrons. The lowest BCUT2D eigenvalue weighted by Gasteiger charge is -2.12. The van der Waals surface area contributed by atoms with Crippen molar-refractivity contribution < 1.29 is 13.5 Å². The molecular weight excluding hydrogens is 372 g/mol. The number of fused-ring (bicyclic) bond motifs is 3. The van der Waals surface area contributed by atoms with Gasteiger partial charge in [-0.05, 0) is 24.3 Å². The maximum absolute atomic E-state index is 14.4. The molecule has 0 saturated carbocycles. The Balaban J connectivity index is 1.67. The summed E-state index contributed by atoms with van der Waals surface area (Å²) in [6, 6.07) is 16.9. The standard InChI is InChI=1S/C23H15F2N3O/c24-15-8-9-19(20(25)11-15)23-27-12-21-17-6-1-2-7-18(17)22(13-28(21)23)29-14-16-5-3-4-10-26-16/h1-13H,14H2. The number of rotatable bonds is 4. The molecule has 0 saturated heterocycles. The molecule has 3 heterocycles. The zero-order valence-corrected chi connectivity index (χ0v) is 15.2. The van der Waals surface area contributed by atoms with Gasteiger partial charge in [-0.15, -0.1) is 0 Å². The van der Waals surface area contributed by atoms with Crippen LogP contribution in [0, 0.1) is 11.6 Å². The molecule has 0 N–H and O–H groups in total. The van der Waals surface area contributed by atoms with E-state index >= 15 is 0 Å². The van der Waals surface area contributed by atoms with E-state index in [1.165, 1.54) is 12.1 Å². The van der Waals surface area contributed by atoms with Gasteiger partial charge in [0.2, 0.25) is 0 Å². The molecule has 3 aromatic heterocycles. The molecule has 0 amide bonds. The number of hydrogen-bond acceptors (Lipinski definition) is 3. The smallest absolute Gasteiger partial charge is 0.147 e. The maximum atomic E-state index is 14.4. The molecule has 5 rings (SSSR count). The molecule has 0 bridgehead atoms. The van der Waals surface area contributed by atoms with Crippen molar-refractivity contribution in [3.8, 4) is 17.1 Å². The van der Waals surface area contributed by atoms with Crippen molar-refractivity contribution in [2.45, 2.75) is 6.61 Å². The first kappa shape index (κ1) is 17.3. The minimum atomic E-state index is -0.665. The Bertz CT molecular complexity index is 1330. The topological polar surface area (TPSA) is 39.4 Å². The summed E-state index contributed by atoms with van der Waals surface area (Å²) in [6.07, 6.45) is 5.18. The number of nitrogens with zero attached hydrogens (tertiary/aromatic N) is 3. The second kappa shape index (κ2) is 6.98. The molecule has 0 aliphatic rings. The predicted octanol–water partition coefficient (Wildman–Crippen LogP) is 5.41. The lowest BCUT2D eigenvalue weighted by molar-refractivity contribution is 0.303. The number of pyridine rings is 2. The highest BCUT2D eigenvalue weighted by molar-refractivity contribution is 6.00. The van der Waals surface area contributed by atoms with Gasteiger partial charge in [0.1, 0.15) is 29.8 Å². The van der Waals surface area contributed by atoms with E-state index in [0.29, 0.717) is 18.2 Å². The Morgan fingerprint density at radius 1 is 0.897 bits per heavy atom. The average molecular weight is 387 g/mol. The van der Waals surface area contributed by atoms with E-state index in [-0.39, 0.29) is 5.56 Å². The zero-order valence-electron chi connectivity index (χ0n) is 15.2. The Kier molecular flexibility index (Phi) is 4.17. The van der Waals surface area contributed by atoms with Crippen LogP contribution in [0.5, 0.6) is 5.75 Å². The van der Waals surface area contributed by atoms with Crippen molar-refractivity contribution in [3.05, 3.63) is 96.6 Å². The summed E-state index contributed by atoms with van der Waals surface area (Å²) in [7, 11) is 0. The Labute approximate surface area is 165 Å². The summed E-state index contributed by atoms with van der Waals surface area (Å²) in [4.78, 5) is 8.68. The van der Waals surface area contributed by atoms with E-state index in [0.717, 1.165) is 28.0 Å². The summed E-state index contributed by atoms with van der Waals surface area (Å²) in [6.45, 7) is 0.297. The fourth-order valence-electron chi connectivity index (χ4n) is 3.42. The number of aromatic nitrogens is 3. The monoisotopic (exact) mass is 387 g/mol. The number of benzene rings is 2. The number of ether oxygens (including phenoxy) is 1. The molecule has 4 nitrogen and oxygen atoms in total. The van der Waals surface area contributed by atoms with Gasteiger partial charge >= 0.3 is 0 Å². The Hall–Kier alpha value is -3.80. The largest absolute Gasteiger partial charge is 0.485 e. The van der Waals surface area contributed by atoms with Crippen LogP contribution in [-0.4, -0.2) is 14.4 Å². The van der Waals surface area contributed by atoms with E-state index in [9.17, 15) is 8.78 Å². The number of halogens is 2. The lowest BCUT2D eigenvalue weighted by atomic mass is 10.1. The zero-order chi connectivity index (χ0) is 19.8. The maximum Gasteiger partial charge on any atom is 0.147 e.